The lowest BCUT2D eigenvalue weighted by molar-refractivity contribution is 0.102. The first-order valence-electron chi connectivity index (χ1n) is 8.60. The van der Waals surface area contributed by atoms with Gasteiger partial charge in [-0.3, -0.25) is 18.7 Å². The molecule has 0 aliphatic carbocycles. The van der Waals surface area contributed by atoms with Gasteiger partial charge in [-0.25, -0.2) is 9.48 Å². The van der Waals surface area contributed by atoms with Crippen LogP contribution >= 0.6 is 22.9 Å². The van der Waals surface area contributed by atoms with Gasteiger partial charge in [0, 0.05) is 30.6 Å². The molecule has 4 aromatic rings. The monoisotopic (exact) mass is 429 g/mol. The molecule has 0 saturated carbocycles. The molecule has 1 N–H and O–H groups in total. The zero-order chi connectivity index (χ0) is 20.9. The Morgan fingerprint density at radius 3 is 2.48 bits per heavy atom. The third-order valence-corrected chi connectivity index (χ3v) is 5.97. The molecule has 3 aromatic heterocycles. The lowest BCUT2D eigenvalue weighted by Gasteiger charge is -2.09. The van der Waals surface area contributed by atoms with Crippen molar-refractivity contribution >= 4 is 44.9 Å². The van der Waals surface area contributed by atoms with Gasteiger partial charge in [-0.15, -0.1) is 11.3 Å². The maximum atomic E-state index is 12.8. The predicted molar refractivity (Wildman–Crippen MR) is 114 cm³/mol. The summed E-state index contributed by atoms with van der Waals surface area (Å²) in [6, 6.07) is 10.2. The molecular formula is C19H16ClN5O3S. The van der Waals surface area contributed by atoms with E-state index < -0.39 is 17.2 Å². The van der Waals surface area contributed by atoms with Gasteiger partial charge in [0.25, 0.3) is 11.5 Å². The van der Waals surface area contributed by atoms with E-state index in [1.54, 1.807) is 22.9 Å². The maximum absolute atomic E-state index is 12.8. The number of fused-ring (bicyclic) bond motifs is 1. The van der Waals surface area contributed by atoms with Gasteiger partial charge in [0.2, 0.25) is 0 Å². The number of nitrogens with one attached hydrogen (secondary N) is 1. The number of hydrogen-bond donors (Lipinski definition) is 1. The van der Waals surface area contributed by atoms with Gasteiger partial charge >= 0.3 is 5.69 Å². The van der Waals surface area contributed by atoms with Crippen LogP contribution in [-0.4, -0.2) is 24.8 Å². The van der Waals surface area contributed by atoms with Crippen LogP contribution in [0.1, 0.15) is 15.4 Å². The van der Waals surface area contributed by atoms with Crippen molar-refractivity contribution in [3.63, 3.8) is 0 Å². The summed E-state index contributed by atoms with van der Waals surface area (Å²) in [5.74, 6) is -0.270. The summed E-state index contributed by atoms with van der Waals surface area (Å²) >= 11 is 7.24. The number of benzene rings is 1. The van der Waals surface area contributed by atoms with Gasteiger partial charge in [0.15, 0.2) is 0 Å². The first kappa shape index (κ1) is 19.2. The minimum Gasteiger partial charge on any atom is -0.307 e. The van der Waals surface area contributed by atoms with E-state index in [1.165, 1.54) is 36.1 Å². The molecule has 0 aliphatic rings. The Labute approximate surface area is 173 Å². The molecule has 0 unspecified atom stereocenters. The molecule has 0 bridgehead atoms. The van der Waals surface area contributed by atoms with Crippen molar-refractivity contribution in [1.82, 2.24) is 18.9 Å². The van der Waals surface area contributed by atoms with Crippen molar-refractivity contribution in [1.29, 1.82) is 0 Å². The van der Waals surface area contributed by atoms with Gasteiger partial charge in [0.05, 0.1) is 16.3 Å². The van der Waals surface area contributed by atoms with E-state index in [9.17, 15) is 14.4 Å². The van der Waals surface area contributed by atoms with Crippen molar-refractivity contribution in [2.24, 2.45) is 14.1 Å². The molecule has 148 valence electrons. The number of carbonyl (C=O) groups excluding carboxylic acids is 1. The molecule has 0 aliphatic heterocycles. The third kappa shape index (κ3) is 3.28. The lowest BCUT2D eigenvalue weighted by atomic mass is 10.3. The highest BCUT2D eigenvalue weighted by atomic mass is 35.5. The van der Waals surface area contributed by atoms with Gasteiger partial charge in [-0.2, -0.15) is 5.10 Å². The average molecular weight is 430 g/mol. The van der Waals surface area contributed by atoms with Crippen LogP contribution in [0, 0.1) is 6.92 Å². The van der Waals surface area contributed by atoms with Crippen LogP contribution in [0.25, 0.3) is 15.9 Å². The first-order chi connectivity index (χ1) is 13.8. The molecule has 10 heteroatoms. The second kappa shape index (κ2) is 7.02. The zero-order valence-electron chi connectivity index (χ0n) is 15.8. The molecule has 4 rings (SSSR count). The van der Waals surface area contributed by atoms with Gasteiger partial charge < -0.3 is 5.32 Å². The summed E-state index contributed by atoms with van der Waals surface area (Å²) in [7, 11) is 2.87. The van der Waals surface area contributed by atoms with Crippen LogP contribution in [0.2, 0.25) is 5.02 Å². The van der Waals surface area contributed by atoms with Crippen molar-refractivity contribution in [2.45, 2.75) is 6.92 Å². The number of amides is 1. The van der Waals surface area contributed by atoms with E-state index >= 15 is 0 Å². The smallest absolute Gasteiger partial charge is 0.307 e. The summed E-state index contributed by atoms with van der Waals surface area (Å²) in [6.07, 6.45) is 0. The van der Waals surface area contributed by atoms with Gasteiger partial charge in [-0.05, 0) is 37.3 Å². The van der Waals surface area contributed by atoms with Crippen LogP contribution in [0.3, 0.4) is 0 Å². The van der Waals surface area contributed by atoms with Crippen molar-refractivity contribution in [3.8, 4) is 5.69 Å². The Kier molecular flexibility index (Phi) is 4.64. The van der Waals surface area contributed by atoms with Crippen LogP contribution in [0.5, 0.6) is 0 Å². The Morgan fingerprint density at radius 2 is 1.79 bits per heavy atom. The summed E-state index contributed by atoms with van der Waals surface area (Å²) in [5.41, 5.74) is 0.605. The molecular weight excluding hydrogens is 414 g/mol. The van der Waals surface area contributed by atoms with Gasteiger partial charge in [0.1, 0.15) is 10.6 Å². The van der Waals surface area contributed by atoms with Crippen molar-refractivity contribution < 1.29 is 4.79 Å². The summed E-state index contributed by atoms with van der Waals surface area (Å²) < 4.78 is 3.95. The van der Waals surface area contributed by atoms with Crippen molar-refractivity contribution in [3.05, 3.63) is 72.8 Å². The number of anilines is 1. The highest BCUT2D eigenvalue weighted by Gasteiger charge is 2.18. The SMILES string of the molecule is Cc1nn(-c2ccc(Cl)cc2)c2sc(C(=O)Nc3cc(=O)n(C)c(=O)n3C)cc12. The first-order valence-corrected chi connectivity index (χ1v) is 9.79. The quantitative estimate of drug-likeness (QED) is 0.542. The molecule has 0 radical (unpaired) electrons. The number of halogens is 1. The van der Waals surface area contributed by atoms with Crippen LogP contribution in [0.4, 0.5) is 5.82 Å². The highest BCUT2D eigenvalue weighted by Crippen LogP contribution is 2.31. The molecule has 29 heavy (non-hydrogen) atoms. The molecule has 8 nitrogen and oxygen atoms in total. The second-order valence-corrected chi connectivity index (χ2v) is 7.99. The van der Waals surface area contributed by atoms with E-state index in [4.69, 9.17) is 11.6 Å². The molecule has 1 aromatic carbocycles. The van der Waals surface area contributed by atoms with E-state index in [0.717, 1.165) is 26.2 Å². The predicted octanol–water partition coefficient (Wildman–Crippen LogP) is 2.70. The molecule has 0 fully saturated rings. The normalized spacial score (nSPS) is 11.2. The largest absolute Gasteiger partial charge is 0.332 e. The zero-order valence-corrected chi connectivity index (χ0v) is 17.3. The topological polar surface area (TPSA) is 90.9 Å². The molecule has 0 saturated heterocycles. The Bertz CT molecular complexity index is 1380. The van der Waals surface area contributed by atoms with Crippen LogP contribution < -0.4 is 16.6 Å². The second-order valence-electron chi connectivity index (χ2n) is 6.53. The summed E-state index contributed by atoms with van der Waals surface area (Å²) in [4.78, 5) is 38.0. The minimum absolute atomic E-state index is 0.136. The summed E-state index contributed by atoms with van der Waals surface area (Å²) in [5, 5.41) is 8.67. The Morgan fingerprint density at radius 1 is 1.10 bits per heavy atom. The number of rotatable bonds is 3. The number of nitrogens with zero attached hydrogens (tertiary/aromatic N) is 4. The van der Waals surface area contributed by atoms with E-state index in [1.807, 2.05) is 19.1 Å². The van der Waals surface area contributed by atoms with Crippen LogP contribution in [-0.2, 0) is 14.1 Å². The fourth-order valence-electron chi connectivity index (χ4n) is 2.95. The number of carbonyl (C=O) groups is 1. The maximum Gasteiger partial charge on any atom is 0.332 e. The minimum atomic E-state index is -0.515. The lowest BCUT2D eigenvalue weighted by Crippen LogP contribution is -2.38. The summed E-state index contributed by atoms with van der Waals surface area (Å²) in [6.45, 7) is 1.87. The Balaban J connectivity index is 1.73. The number of hydrogen-bond acceptors (Lipinski definition) is 5. The highest BCUT2D eigenvalue weighted by molar-refractivity contribution is 7.20. The van der Waals surface area contributed by atoms with E-state index in [2.05, 4.69) is 10.4 Å². The average Bonchev–Trinajstić information content (AvgIpc) is 3.26. The van der Waals surface area contributed by atoms with Crippen LogP contribution in [0.15, 0.2) is 46.0 Å². The molecule has 3 heterocycles. The number of thiophene rings is 1. The molecule has 0 atom stereocenters. The third-order valence-electron chi connectivity index (χ3n) is 4.61. The fraction of sp³-hybridized carbons (Fsp3) is 0.158. The number of aryl methyl sites for hydroxylation is 1. The number of aromatic nitrogens is 4. The molecule has 0 spiro atoms. The standard InChI is InChI=1S/C19H16ClN5O3S/c1-10-13-8-14(17(27)21-15-9-16(26)24(3)19(28)23(15)2)29-18(13)25(22-10)12-6-4-11(20)5-7-12/h4-9H,1-3H3,(H,21,27). The Hall–Kier alpha value is -3.17. The van der Waals surface area contributed by atoms with E-state index in [0.29, 0.717) is 9.90 Å². The van der Waals surface area contributed by atoms with Gasteiger partial charge in [-0.1, -0.05) is 11.6 Å². The molecule has 1 amide bonds. The van der Waals surface area contributed by atoms with Crippen molar-refractivity contribution in [2.75, 3.05) is 5.32 Å². The van der Waals surface area contributed by atoms with E-state index in [-0.39, 0.29) is 5.82 Å². The fourth-order valence-corrected chi connectivity index (χ4v) is 4.15.